The lowest BCUT2D eigenvalue weighted by molar-refractivity contribution is -0.299. The number of nitrogens with one attached hydrogen (secondary N) is 1. The maximum absolute atomic E-state index is 12.3. The SMILES string of the molecule is N=C(N)c1ccc(OC(C(F)(F)F)C(F)(F)F)cc1Br. The van der Waals surface area contributed by atoms with E-state index in [2.05, 4.69) is 20.7 Å². The quantitative estimate of drug-likeness (QED) is 0.489. The minimum Gasteiger partial charge on any atom is -0.471 e. The first-order valence-electron chi connectivity index (χ1n) is 4.87. The summed E-state index contributed by atoms with van der Waals surface area (Å²) in [4.78, 5) is 0. The van der Waals surface area contributed by atoms with Crippen LogP contribution in [-0.2, 0) is 0 Å². The second kappa shape index (κ2) is 5.51. The number of nitrogens with two attached hydrogens (primary N) is 1. The number of nitrogen functional groups attached to an aromatic ring is 1. The fourth-order valence-corrected chi connectivity index (χ4v) is 1.81. The fourth-order valence-electron chi connectivity index (χ4n) is 1.24. The van der Waals surface area contributed by atoms with Gasteiger partial charge in [-0.25, -0.2) is 0 Å². The molecule has 0 aliphatic rings. The Hall–Kier alpha value is -1.45. The summed E-state index contributed by atoms with van der Waals surface area (Å²) in [6.07, 6.45) is -15.1. The van der Waals surface area contributed by atoms with Crippen LogP contribution in [0.2, 0.25) is 0 Å². The first-order chi connectivity index (χ1) is 8.93. The van der Waals surface area contributed by atoms with Crippen molar-refractivity contribution in [2.45, 2.75) is 18.5 Å². The van der Waals surface area contributed by atoms with Gasteiger partial charge >= 0.3 is 12.4 Å². The molecule has 0 spiro atoms. The van der Waals surface area contributed by atoms with E-state index in [-0.39, 0.29) is 10.0 Å². The van der Waals surface area contributed by atoms with Gasteiger partial charge in [0.05, 0.1) is 0 Å². The molecule has 0 unspecified atom stereocenters. The first-order valence-corrected chi connectivity index (χ1v) is 5.66. The van der Waals surface area contributed by atoms with Crippen molar-refractivity contribution in [2.24, 2.45) is 5.73 Å². The van der Waals surface area contributed by atoms with E-state index in [4.69, 9.17) is 11.1 Å². The maximum Gasteiger partial charge on any atom is 0.434 e. The smallest absolute Gasteiger partial charge is 0.434 e. The zero-order chi connectivity index (χ0) is 15.7. The Bertz CT molecular complexity index is 499. The topological polar surface area (TPSA) is 59.1 Å². The Morgan fingerprint density at radius 1 is 1.15 bits per heavy atom. The van der Waals surface area contributed by atoms with Gasteiger partial charge in [0.15, 0.2) is 0 Å². The second-order valence-corrected chi connectivity index (χ2v) is 4.49. The molecule has 0 saturated heterocycles. The summed E-state index contributed by atoms with van der Waals surface area (Å²) in [6, 6.07) is 2.82. The highest BCUT2D eigenvalue weighted by atomic mass is 79.9. The molecule has 1 aromatic carbocycles. The van der Waals surface area contributed by atoms with Gasteiger partial charge in [0.1, 0.15) is 11.6 Å². The number of halogens is 7. The average Bonchev–Trinajstić information content (AvgIpc) is 2.22. The third kappa shape index (κ3) is 4.02. The van der Waals surface area contributed by atoms with Crippen LogP contribution in [0.25, 0.3) is 0 Å². The van der Waals surface area contributed by atoms with Crippen molar-refractivity contribution in [1.82, 2.24) is 0 Å². The van der Waals surface area contributed by atoms with E-state index in [9.17, 15) is 26.3 Å². The maximum atomic E-state index is 12.3. The van der Waals surface area contributed by atoms with E-state index in [0.717, 1.165) is 18.2 Å². The predicted octanol–water partition coefficient (Wildman–Crippen LogP) is 3.61. The number of ether oxygens (including phenoxy) is 1. The Labute approximate surface area is 117 Å². The molecule has 112 valence electrons. The molecule has 0 atom stereocenters. The molecule has 0 radical (unpaired) electrons. The highest BCUT2D eigenvalue weighted by Gasteiger charge is 2.59. The minimum atomic E-state index is -5.59. The Morgan fingerprint density at radius 3 is 2.00 bits per heavy atom. The Morgan fingerprint density at radius 2 is 1.65 bits per heavy atom. The number of benzene rings is 1. The Balaban J connectivity index is 3.08. The summed E-state index contributed by atoms with van der Waals surface area (Å²) in [5.74, 6) is -1.05. The van der Waals surface area contributed by atoms with E-state index in [1.807, 2.05) is 0 Å². The van der Waals surface area contributed by atoms with Crippen LogP contribution in [0.1, 0.15) is 5.56 Å². The lowest BCUT2D eigenvalue weighted by atomic mass is 10.2. The van der Waals surface area contributed by atoms with Crippen LogP contribution in [0.15, 0.2) is 22.7 Å². The molecule has 0 aliphatic carbocycles. The number of amidine groups is 1. The summed E-state index contributed by atoms with van der Waals surface area (Å²) in [5.41, 5.74) is 5.28. The standard InChI is InChI=1S/C10H7BrF6N2O/c11-6-3-4(1-2-5(6)7(18)19)20-8(9(12,13)14)10(15,16)17/h1-3,8H,(H3,18,19). The number of hydrogen-bond donors (Lipinski definition) is 2. The summed E-state index contributed by atoms with van der Waals surface area (Å²) in [5, 5.41) is 7.13. The number of rotatable bonds is 3. The third-order valence-electron chi connectivity index (χ3n) is 2.08. The molecule has 1 aromatic rings. The summed E-state index contributed by atoms with van der Waals surface area (Å²) in [7, 11) is 0. The zero-order valence-electron chi connectivity index (χ0n) is 9.44. The molecule has 0 aliphatic heterocycles. The zero-order valence-corrected chi connectivity index (χ0v) is 11.0. The lowest BCUT2D eigenvalue weighted by Gasteiger charge is -2.24. The average molecular weight is 365 g/mol. The molecule has 3 nitrogen and oxygen atoms in total. The van der Waals surface area contributed by atoms with Crippen molar-refractivity contribution in [2.75, 3.05) is 0 Å². The Kier molecular flexibility index (Phi) is 4.57. The molecule has 3 N–H and O–H groups in total. The summed E-state index contributed by atoms with van der Waals surface area (Å²) >= 11 is 2.88. The molecule has 1 rings (SSSR count). The largest absolute Gasteiger partial charge is 0.471 e. The molecule has 0 aromatic heterocycles. The first kappa shape index (κ1) is 16.6. The predicted molar refractivity (Wildman–Crippen MR) is 61.7 cm³/mol. The van der Waals surface area contributed by atoms with E-state index < -0.39 is 30.0 Å². The van der Waals surface area contributed by atoms with Crippen LogP contribution in [0, 0.1) is 5.41 Å². The van der Waals surface area contributed by atoms with Crippen LogP contribution in [0.4, 0.5) is 26.3 Å². The second-order valence-electron chi connectivity index (χ2n) is 3.64. The minimum absolute atomic E-state index is 0.0469. The normalized spacial score (nSPS) is 12.6. The highest BCUT2D eigenvalue weighted by molar-refractivity contribution is 9.10. The van der Waals surface area contributed by atoms with E-state index in [1.54, 1.807) is 0 Å². The van der Waals surface area contributed by atoms with Gasteiger partial charge in [0.25, 0.3) is 6.10 Å². The van der Waals surface area contributed by atoms with Gasteiger partial charge in [-0.05, 0) is 34.1 Å². The molecular weight excluding hydrogens is 358 g/mol. The molecule has 0 saturated carbocycles. The van der Waals surface area contributed by atoms with Crippen LogP contribution >= 0.6 is 15.9 Å². The third-order valence-corrected chi connectivity index (χ3v) is 2.74. The van der Waals surface area contributed by atoms with Gasteiger partial charge in [-0.3, -0.25) is 5.41 Å². The monoisotopic (exact) mass is 364 g/mol. The van der Waals surface area contributed by atoms with Crippen molar-refractivity contribution in [3.63, 3.8) is 0 Å². The lowest BCUT2D eigenvalue weighted by Crippen LogP contribution is -2.46. The molecule has 10 heteroatoms. The van der Waals surface area contributed by atoms with E-state index in [0.29, 0.717) is 0 Å². The van der Waals surface area contributed by atoms with Crippen LogP contribution in [-0.4, -0.2) is 24.3 Å². The van der Waals surface area contributed by atoms with Crippen molar-refractivity contribution < 1.29 is 31.1 Å². The van der Waals surface area contributed by atoms with E-state index >= 15 is 0 Å². The van der Waals surface area contributed by atoms with Gasteiger partial charge in [0, 0.05) is 10.0 Å². The van der Waals surface area contributed by atoms with Crippen molar-refractivity contribution in [3.05, 3.63) is 28.2 Å². The van der Waals surface area contributed by atoms with Crippen molar-refractivity contribution in [3.8, 4) is 5.75 Å². The number of alkyl halides is 6. The van der Waals surface area contributed by atoms with E-state index in [1.165, 1.54) is 0 Å². The van der Waals surface area contributed by atoms with Gasteiger partial charge in [-0.2, -0.15) is 26.3 Å². The van der Waals surface area contributed by atoms with Crippen molar-refractivity contribution in [1.29, 1.82) is 5.41 Å². The molecule has 0 bridgehead atoms. The van der Waals surface area contributed by atoms with Gasteiger partial charge < -0.3 is 10.5 Å². The van der Waals surface area contributed by atoms with Gasteiger partial charge in [0.2, 0.25) is 0 Å². The van der Waals surface area contributed by atoms with Crippen LogP contribution in [0.3, 0.4) is 0 Å². The molecule has 20 heavy (non-hydrogen) atoms. The van der Waals surface area contributed by atoms with Gasteiger partial charge in [-0.15, -0.1) is 0 Å². The van der Waals surface area contributed by atoms with Gasteiger partial charge in [-0.1, -0.05) is 0 Å². The molecular formula is C10H7BrF6N2O. The summed E-state index contributed by atoms with van der Waals surface area (Å²) < 4.78 is 77.8. The number of hydrogen-bond acceptors (Lipinski definition) is 2. The van der Waals surface area contributed by atoms with Crippen LogP contribution < -0.4 is 10.5 Å². The highest BCUT2D eigenvalue weighted by Crippen LogP contribution is 2.37. The van der Waals surface area contributed by atoms with Crippen molar-refractivity contribution >= 4 is 21.8 Å². The van der Waals surface area contributed by atoms with Crippen LogP contribution in [0.5, 0.6) is 5.75 Å². The fraction of sp³-hybridized carbons (Fsp3) is 0.300. The molecule has 0 heterocycles. The molecule has 0 amide bonds. The summed E-state index contributed by atoms with van der Waals surface area (Å²) in [6.45, 7) is 0. The molecule has 0 fully saturated rings.